The smallest absolute Gasteiger partial charge is 0.262 e. The Morgan fingerprint density at radius 2 is 2.05 bits per heavy atom. The van der Waals surface area contributed by atoms with E-state index >= 15 is 0 Å². The first-order valence-electron chi connectivity index (χ1n) is 6.08. The molecule has 19 heavy (non-hydrogen) atoms. The highest BCUT2D eigenvalue weighted by Crippen LogP contribution is 2.21. The number of benzene rings is 1. The van der Waals surface area contributed by atoms with Crippen LogP contribution in [0.3, 0.4) is 0 Å². The molecular weight excluding hydrogens is 262 g/mol. The third-order valence-electron chi connectivity index (χ3n) is 3.55. The van der Waals surface area contributed by atoms with Crippen LogP contribution in [0.2, 0.25) is 0 Å². The van der Waals surface area contributed by atoms with E-state index in [-0.39, 0.29) is 11.5 Å². The van der Waals surface area contributed by atoms with Crippen LogP contribution in [0.1, 0.15) is 12.5 Å². The predicted octanol–water partition coefficient (Wildman–Crippen LogP) is 1.46. The molecule has 1 atom stereocenters. The number of carbonyl (C=O) groups excluding carboxylic acids is 1. The topological polar surface area (TPSA) is 58.1 Å². The van der Waals surface area contributed by atoms with Crippen LogP contribution in [0.25, 0.3) is 10.9 Å². The summed E-state index contributed by atoms with van der Waals surface area (Å²) in [7, 11) is 1.74. The SMILES string of the molecule is CN1CC[C@H](n2c(=S)[nH]c3ccccc3c2=O)C1=O. The van der Waals surface area contributed by atoms with Crippen molar-refractivity contribution in [3.63, 3.8) is 0 Å². The molecule has 0 radical (unpaired) electrons. The van der Waals surface area contributed by atoms with Crippen molar-refractivity contribution in [2.24, 2.45) is 0 Å². The Bertz CT molecular complexity index is 777. The Labute approximate surface area is 114 Å². The molecule has 98 valence electrons. The highest BCUT2D eigenvalue weighted by Gasteiger charge is 2.32. The minimum absolute atomic E-state index is 0.0584. The summed E-state index contributed by atoms with van der Waals surface area (Å²) in [5, 5.41) is 0.554. The molecule has 1 aliphatic heterocycles. The molecule has 3 rings (SSSR count). The summed E-state index contributed by atoms with van der Waals surface area (Å²) in [5.41, 5.74) is 0.501. The number of carbonyl (C=O) groups is 1. The third kappa shape index (κ3) is 1.79. The van der Waals surface area contributed by atoms with Gasteiger partial charge in [-0.2, -0.15) is 0 Å². The molecule has 2 aromatic rings. The first-order valence-corrected chi connectivity index (χ1v) is 6.49. The van der Waals surface area contributed by atoms with Crippen LogP contribution in [0.15, 0.2) is 29.1 Å². The molecule has 1 saturated heterocycles. The lowest BCUT2D eigenvalue weighted by molar-refractivity contribution is -0.129. The summed E-state index contributed by atoms with van der Waals surface area (Å²) in [4.78, 5) is 29.2. The van der Waals surface area contributed by atoms with E-state index in [1.54, 1.807) is 30.1 Å². The zero-order chi connectivity index (χ0) is 13.6. The number of H-pyrrole nitrogens is 1. The van der Waals surface area contributed by atoms with E-state index in [0.29, 0.717) is 28.6 Å². The van der Waals surface area contributed by atoms with E-state index in [1.807, 2.05) is 6.07 Å². The number of aromatic amines is 1. The highest BCUT2D eigenvalue weighted by atomic mass is 32.1. The van der Waals surface area contributed by atoms with Crippen molar-refractivity contribution in [2.75, 3.05) is 13.6 Å². The highest BCUT2D eigenvalue weighted by molar-refractivity contribution is 7.71. The van der Waals surface area contributed by atoms with Gasteiger partial charge < -0.3 is 9.88 Å². The molecule has 6 heteroatoms. The number of amides is 1. The number of likely N-dealkylation sites (N-methyl/N-ethyl adjacent to an activating group) is 1. The summed E-state index contributed by atoms with van der Waals surface area (Å²) in [5.74, 6) is -0.0584. The Hall–Kier alpha value is -1.95. The molecule has 1 N–H and O–H groups in total. The second kappa shape index (κ2) is 4.31. The zero-order valence-corrected chi connectivity index (χ0v) is 11.2. The van der Waals surface area contributed by atoms with Crippen molar-refractivity contribution in [2.45, 2.75) is 12.5 Å². The van der Waals surface area contributed by atoms with E-state index in [2.05, 4.69) is 4.98 Å². The van der Waals surface area contributed by atoms with E-state index in [4.69, 9.17) is 12.2 Å². The Kier molecular flexibility index (Phi) is 2.74. The molecule has 5 nitrogen and oxygen atoms in total. The van der Waals surface area contributed by atoms with E-state index < -0.39 is 6.04 Å². The molecule has 1 aliphatic rings. The number of nitrogens with zero attached hydrogens (tertiary/aromatic N) is 2. The Morgan fingerprint density at radius 3 is 2.74 bits per heavy atom. The second-order valence-electron chi connectivity index (χ2n) is 4.72. The van der Waals surface area contributed by atoms with E-state index in [9.17, 15) is 9.59 Å². The normalized spacial score (nSPS) is 19.3. The number of hydrogen-bond donors (Lipinski definition) is 1. The summed E-state index contributed by atoms with van der Waals surface area (Å²) in [6, 6.07) is 6.70. The van der Waals surface area contributed by atoms with Crippen molar-refractivity contribution in [3.8, 4) is 0 Å². The number of likely N-dealkylation sites (tertiary alicyclic amines) is 1. The molecule has 0 aliphatic carbocycles. The maximum atomic E-state index is 12.5. The fraction of sp³-hybridized carbons (Fsp3) is 0.308. The number of rotatable bonds is 1. The van der Waals surface area contributed by atoms with Gasteiger partial charge >= 0.3 is 0 Å². The second-order valence-corrected chi connectivity index (χ2v) is 5.10. The van der Waals surface area contributed by atoms with Gasteiger partial charge in [-0.25, -0.2) is 0 Å². The van der Waals surface area contributed by atoms with Gasteiger partial charge in [-0.15, -0.1) is 0 Å². The van der Waals surface area contributed by atoms with E-state index in [1.165, 1.54) is 4.57 Å². The molecule has 0 unspecified atom stereocenters. The van der Waals surface area contributed by atoms with Crippen molar-refractivity contribution in [1.82, 2.24) is 14.5 Å². The van der Waals surface area contributed by atoms with Gasteiger partial charge in [0.1, 0.15) is 6.04 Å². The Morgan fingerprint density at radius 1 is 1.32 bits per heavy atom. The van der Waals surface area contributed by atoms with Gasteiger partial charge in [0.2, 0.25) is 5.91 Å². The number of para-hydroxylation sites is 1. The molecule has 0 spiro atoms. The molecule has 2 heterocycles. The van der Waals surface area contributed by atoms with Crippen LogP contribution in [-0.2, 0) is 4.79 Å². The minimum Gasteiger partial charge on any atom is -0.344 e. The van der Waals surface area contributed by atoms with Gasteiger partial charge in [0, 0.05) is 13.6 Å². The lowest BCUT2D eigenvalue weighted by Crippen LogP contribution is -2.32. The van der Waals surface area contributed by atoms with Gasteiger partial charge in [-0.3, -0.25) is 14.2 Å². The van der Waals surface area contributed by atoms with Crippen LogP contribution in [0.4, 0.5) is 0 Å². The lowest BCUT2D eigenvalue weighted by Gasteiger charge is -2.14. The summed E-state index contributed by atoms with van der Waals surface area (Å²) in [6.45, 7) is 0.650. The standard InChI is InChI=1S/C13H13N3O2S/c1-15-7-6-10(12(15)18)16-11(17)8-4-2-3-5-9(8)14-13(16)19/h2-5,10H,6-7H2,1H3,(H,14,19)/t10-/m0/s1. The maximum Gasteiger partial charge on any atom is 0.262 e. The monoisotopic (exact) mass is 275 g/mol. The van der Waals surface area contributed by atoms with Crippen LogP contribution in [0, 0.1) is 4.77 Å². The van der Waals surface area contributed by atoms with Crippen LogP contribution in [0.5, 0.6) is 0 Å². The van der Waals surface area contributed by atoms with Gasteiger partial charge in [0.25, 0.3) is 5.56 Å². The molecule has 1 fully saturated rings. The van der Waals surface area contributed by atoms with Gasteiger partial charge in [-0.05, 0) is 30.8 Å². The van der Waals surface area contributed by atoms with Crippen molar-refractivity contribution < 1.29 is 4.79 Å². The number of nitrogens with one attached hydrogen (secondary N) is 1. The van der Waals surface area contributed by atoms with Gasteiger partial charge in [0.15, 0.2) is 4.77 Å². The number of aromatic nitrogens is 2. The molecule has 1 aromatic carbocycles. The van der Waals surface area contributed by atoms with Crippen molar-refractivity contribution in [3.05, 3.63) is 39.4 Å². The zero-order valence-electron chi connectivity index (χ0n) is 10.4. The Balaban J connectivity index is 2.28. The maximum absolute atomic E-state index is 12.5. The summed E-state index contributed by atoms with van der Waals surface area (Å²) < 4.78 is 1.71. The van der Waals surface area contributed by atoms with Crippen LogP contribution < -0.4 is 5.56 Å². The average Bonchev–Trinajstić information content (AvgIpc) is 2.71. The average molecular weight is 275 g/mol. The quantitative estimate of drug-likeness (QED) is 0.802. The largest absolute Gasteiger partial charge is 0.344 e. The van der Waals surface area contributed by atoms with Crippen LogP contribution >= 0.6 is 12.2 Å². The van der Waals surface area contributed by atoms with Crippen molar-refractivity contribution >= 4 is 29.0 Å². The lowest BCUT2D eigenvalue weighted by atomic mass is 10.2. The van der Waals surface area contributed by atoms with Gasteiger partial charge in [0.05, 0.1) is 10.9 Å². The summed E-state index contributed by atoms with van der Waals surface area (Å²) in [6.07, 6.45) is 0.616. The molecule has 1 aromatic heterocycles. The minimum atomic E-state index is -0.481. The van der Waals surface area contributed by atoms with Crippen molar-refractivity contribution in [1.29, 1.82) is 0 Å². The molecular formula is C13H13N3O2S. The molecule has 1 amide bonds. The number of fused-ring (bicyclic) bond motifs is 1. The predicted molar refractivity (Wildman–Crippen MR) is 74.7 cm³/mol. The first-order chi connectivity index (χ1) is 9.09. The summed E-state index contributed by atoms with van der Waals surface area (Å²) >= 11 is 5.23. The van der Waals surface area contributed by atoms with Crippen LogP contribution in [-0.4, -0.2) is 34.0 Å². The fourth-order valence-corrected chi connectivity index (χ4v) is 2.82. The molecule has 0 bridgehead atoms. The van der Waals surface area contributed by atoms with E-state index in [0.717, 1.165) is 0 Å². The molecule has 0 saturated carbocycles. The van der Waals surface area contributed by atoms with Gasteiger partial charge in [-0.1, -0.05) is 12.1 Å². The third-order valence-corrected chi connectivity index (χ3v) is 3.85. The first kappa shape index (κ1) is 12.1. The number of hydrogen-bond acceptors (Lipinski definition) is 3. The fourth-order valence-electron chi connectivity index (χ4n) is 2.50.